The van der Waals surface area contributed by atoms with Crippen LogP contribution in [-0.4, -0.2) is 16.1 Å². The Hall–Kier alpha value is -1.77. The molecule has 3 heteroatoms. The molecule has 19 heavy (non-hydrogen) atoms. The maximum absolute atomic E-state index is 4.39. The number of hydrogen-bond donors (Lipinski definition) is 1. The van der Waals surface area contributed by atoms with Crippen molar-refractivity contribution in [3.8, 4) is 0 Å². The zero-order valence-corrected chi connectivity index (χ0v) is 11.8. The van der Waals surface area contributed by atoms with Crippen LogP contribution in [0.1, 0.15) is 38.2 Å². The number of aromatic nitrogens is 2. The lowest BCUT2D eigenvalue weighted by Gasteiger charge is -2.14. The molecule has 0 amide bonds. The SMILES string of the molecule is CCCCn1ccnc1NCC(C)c1ccccc1. The van der Waals surface area contributed by atoms with E-state index in [2.05, 4.69) is 59.0 Å². The van der Waals surface area contributed by atoms with Crippen molar-refractivity contribution >= 4 is 5.95 Å². The van der Waals surface area contributed by atoms with E-state index in [1.54, 1.807) is 0 Å². The highest BCUT2D eigenvalue weighted by Gasteiger charge is 2.07. The normalized spacial score (nSPS) is 12.3. The molecule has 1 heterocycles. The van der Waals surface area contributed by atoms with Gasteiger partial charge in [-0.2, -0.15) is 0 Å². The monoisotopic (exact) mass is 257 g/mol. The largest absolute Gasteiger partial charge is 0.355 e. The van der Waals surface area contributed by atoms with Gasteiger partial charge < -0.3 is 9.88 Å². The highest BCUT2D eigenvalue weighted by atomic mass is 15.2. The van der Waals surface area contributed by atoms with Crippen LogP contribution in [0.15, 0.2) is 42.7 Å². The molecule has 0 bridgehead atoms. The molecule has 3 nitrogen and oxygen atoms in total. The number of imidazole rings is 1. The molecule has 0 radical (unpaired) electrons. The Morgan fingerprint density at radius 1 is 1.26 bits per heavy atom. The summed E-state index contributed by atoms with van der Waals surface area (Å²) in [5, 5.41) is 3.45. The molecule has 1 N–H and O–H groups in total. The summed E-state index contributed by atoms with van der Waals surface area (Å²) in [5.74, 6) is 1.47. The molecule has 1 aromatic heterocycles. The lowest BCUT2D eigenvalue weighted by atomic mass is 10.0. The maximum Gasteiger partial charge on any atom is 0.202 e. The van der Waals surface area contributed by atoms with Crippen molar-refractivity contribution in [2.45, 2.75) is 39.2 Å². The first-order chi connectivity index (χ1) is 9.31. The van der Waals surface area contributed by atoms with Crippen molar-refractivity contribution in [3.63, 3.8) is 0 Å². The van der Waals surface area contributed by atoms with Crippen LogP contribution in [0, 0.1) is 0 Å². The van der Waals surface area contributed by atoms with E-state index in [1.165, 1.54) is 18.4 Å². The van der Waals surface area contributed by atoms with E-state index in [9.17, 15) is 0 Å². The number of nitrogens with zero attached hydrogens (tertiary/aromatic N) is 2. The van der Waals surface area contributed by atoms with Gasteiger partial charge in [0.15, 0.2) is 0 Å². The van der Waals surface area contributed by atoms with Gasteiger partial charge in [-0.25, -0.2) is 4.98 Å². The molecule has 1 unspecified atom stereocenters. The summed E-state index contributed by atoms with van der Waals surface area (Å²) in [4.78, 5) is 4.39. The number of aryl methyl sites for hydroxylation is 1. The van der Waals surface area contributed by atoms with Crippen LogP contribution in [0.5, 0.6) is 0 Å². The first kappa shape index (κ1) is 13.7. The van der Waals surface area contributed by atoms with Gasteiger partial charge in [0.1, 0.15) is 0 Å². The smallest absolute Gasteiger partial charge is 0.202 e. The van der Waals surface area contributed by atoms with Crippen molar-refractivity contribution in [2.24, 2.45) is 0 Å². The second-order valence-electron chi connectivity index (χ2n) is 4.99. The Bertz CT molecular complexity index is 476. The van der Waals surface area contributed by atoms with Gasteiger partial charge in [-0.15, -0.1) is 0 Å². The highest BCUT2D eigenvalue weighted by Crippen LogP contribution is 2.15. The number of rotatable bonds is 7. The van der Waals surface area contributed by atoms with Crippen LogP contribution in [0.2, 0.25) is 0 Å². The van der Waals surface area contributed by atoms with E-state index in [1.807, 2.05) is 12.4 Å². The lowest BCUT2D eigenvalue weighted by Crippen LogP contribution is -2.13. The number of unbranched alkanes of at least 4 members (excludes halogenated alkanes) is 1. The second kappa shape index (κ2) is 6.98. The third-order valence-electron chi connectivity index (χ3n) is 3.40. The van der Waals surface area contributed by atoms with Gasteiger partial charge in [-0.05, 0) is 17.9 Å². The first-order valence-electron chi connectivity index (χ1n) is 7.11. The van der Waals surface area contributed by atoms with E-state index in [0.29, 0.717) is 5.92 Å². The van der Waals surface area contributed by atoms with Crippen LogP contribution in [0.25, 0.3) is 0 Å². The molecule has 2 aromatic rings. The minimum absolute atomic E-state index is 0.484. The highest BCUT2D eigenvalue weighted by molar-refractivity contribution is 5.28. The summed E-state index contributed by atoms with van der Waals surface area (Å²) in [6, 6.07) is 10.6. The minimum Gasteiger partial charge on any atom is -0.355 e. The summed E-state index contributed by atoms with van der Waals surface area (Å²) in [5.41, 5.74) is 1.36. The second-order valence-corrected chi connectivity index (χ2v) is 4.99. The average Bonchev–Trinajstić information content (AvgIpc) is 2.91. The van der Waals surface area contributed by atoms with E-state index in [0.717, 1.165) is 19.0 Å². The molecule has 0 saturated carbocycles. The average molecular weight is 257 g/mol. The van der Waals surface area contributed by atoms with Crippen molar-refractivity contribution in [2.75, 3.05) is 11.9 Å². The molecule has 1 aromatic carbocycles. The predicted octanol–water partition coefficient (Wildman–Crippen LogP) is 3.90. The zero-order chi connectivity index (χ0) is 13.5. The number of nitrogens with one attached hydrogen (secondary N) is 1. The van der Waals surface area contributed by atoms with E-state index in [-0.39, 0.29) is 0 Å². The standard InChI is InChI=1S/C16H23N3/c1-3-4-11-19-12-10-17-16(19)18-13-14(2)15-8-6-5-7-9-15/h5-10,12,14H,3-4,11,13H2,1-2H3,(H,17,18). The van der Waals surface area contributed by atoms with Gasteiger partial charge >= 0.3 is 0 Å². The van der Waals surface area contributed by atoms with Crippen LogP contribution in [0.3, 0.4) is 0 Å². The Balaban J connectivity index is 1.90. The molecular formula is C16H23N3. The van der Waals surface area contributed by atoms with Crippen LogP contribution < -0.4 is 5.32 Å². The van der Waals surface area contributed by atoms with Gasteiger partial charge in [0.05, 0.1) is 0 Å². The third kappa shape index (κ3) is 3.85. The van der Waals surface area contributed by atoms with Gasteiger partial charge in [0.25, 0.3) is 0 Å². The van der Waals surface area contributed by atoms with E-state index in [4.69, 9.17) is 0 Å². The van der Waals surface area contributed by atoms with Crippen LogP contribution in [0.4, 0.5) is 5.95 Å². The number of anilines is 1. The fourth-order valence-corrected chi connectivity index (χ4v) is 2.13. The van der Waals surface area contributed by atoms with Crippen LogP contribution >= 0.6 is 0 Å². The van der Waals surface area contributed by atoms with E-state index >= 15 is 0 Å². The quantitative estimate of drug-likeness (QED) is 0.815. The zero-order valence-electron chi connectivity index (χ0n) is 11.8. The van der Waals surface area contributed by atoms with E-state index < -0.39 is 0 Å². The Morgan fingerprint density at radius 2 is 2.05 bits per heavy atom. The molecular weight excluding hydrogens is 234 g/mol. The molecule has 0 aliphatic heterocycles. The first-order valence-corrected chi connectivity index (χ1v) is 7.11. The topological polar surface area (TPSA) is 29.9 Å². The molecule has 0 aliphatic carbocycles. The molecule has 0 fully saturated rings. The summed E-state index contributed by atoms with van der Waals surface area (Å²) < 4.78 is 2.20. The van der Waals surface area contributed by atoms with Crippen LogP contribution in [-0.2, 0) is 6.54 Å². The fourth-order valence-electron chi connectivity index (χ4n) is 2.13. The molecule has 0 spiro atoms. The minimum atomic E-state index is 0.484. The van der Waals surface area contributed by atoms with Gasteiger partial charge in [0, 0.05) is 25.5 Å². The number of hydrogen-bond acceptors (Lipinski definition) is 2. The van der Waals surface area contributed by atoms with Crippen molar-refractivity contribution < 1.29 is 0 Å². The predicted molar refractivity (Wildman–Crippen MR) is 80.5 cm³/mol. The summed E-state index contributed by atoms with van der Waals surface area (Å²) in [7, 11) is 0. The summed E-state index contributed by atoms with van der Waals surface area (Å²) in [6.07, 6.45) is 6.31. The summed E-state index contributed by atoms with van der Waals surface area (Å²) >= 11 is 0. The molecule has 1 atom stereocenters. The molecule has 0 aliphatic rings. The Labute approximate surface area is 115 Å². The Kier molecular flexibility index (Phi) is 5.01. The molecule has 0 saturated heterocycles. The van der Waals surface area contributed by atoms with Gasteiger partial charge in [-0.3, -0.25) is 0 Å². The molecule has 2 rings (SSSR count). The van der Waals surface area contributed by atoms with Crippen molar-refractivity contribution in [1.29, 1.82) is 0 Å². The lowest BCUT2D eigenvalue weighted by molar-refractivity contribution is 0.632. The Morgan fingerprint density at radius 3 is 2.79 bits per heavy atom. The van der Waals surface area contributed by atoms with Gasteiger partial charge in [0.2, 0.25) is 5.95 Å². The van der Waals surface area contributed by atoms with Gasteiger partial charge in [-0.1, -0.05) is 50.6 Å². The number of benzene rings is 1. The van der Waals surface area contributed by atoms with Crippen molar-refractivity contribution in [1.82, 2.24) is 9.55 Å². The fraction of sp³-hybridized carbons (Fsp3) is 0.438. The third-order valence-corrected chi connectivity index (χ3v) is 3.40. The molecule has 102 valence electrons. The van der Waals surface area contributed by atoms with Crippen molar-refractivity contribution in [3.05, 3.63) is 48.3 Å². The maximum atomic E-state index is 4.39. The summed E-state index contributed by atoms with van der Waals surface area (Å²) in [6.45, 7) is 6.40.